The molecule has 0 heterocycles. The minimum atomic E-state index is 1.09. The summed E-state index contributed by atoms with van der Waals surface area (Å²) in [6, 6.07) is 10.6. The molecule has 1 rings (SSSR count). The summed E-state index contributed by atoms with van der Waals surface area (Å²) >= 11 is 0. The molecular weight excluding hydrogens is 204 g/mol. The number of allylic oxidation sites excluding steroid dienone is 6. The smallest absolute Gasteiger partial charge is 0.0185 e. The average molecular weight is 226 g/mol. The van der Waals surface area contributed by atoms with Crippen molar-refractivity contribution in [2.45, 2.75) is 34.1 Å². The molecule has 0 atom stereocenters. The van der Waals surface area contributed by atoms with Crippen LogP contribution in [0.5, 0.6) is 0 Å². The molecule has 0 fully saturated rings. The molecule has 17 heavy (non-hydrogen) atoms. The fourth-order valence-electron chi connectivity index (χ4n) is 1.60. The highest BCUT2D eigenvalue weighted by molar-refractivity contribution is 5.76. The van der Waals surface area contributed by atoms with Crippen LogP contribution in [0.2, 0.25) is 0 Å². The van der Waals surface area contributed by atoms with Crippen LogP contribution in [0.3, 0.4) is 0 Å². The van der Waals surface area contributed by atoms with Gasteiger partial charge in [0.05, 0.1) is 0 Å². The third-order valence-corrected chi connectivity index (χ3v) is 3.04. The first kappa shape index (κ1) is 13.5. The van der Waals surface area contributed by atoms with Gasteiger partial charge in [0.25, 0.3) is 0 Å². The van der Waals surface area contributed by atoms with Gasteiger partial charge in [0, 0.05) is 0 Å². The van der Waals surface area contributed by atoms with Gasteiger partial charge in [0.2, 0.25) is 0 Å². The van der Waals surface area contributed by atoms with Crippen molar-refractivity contribution >= 4 is 5.57 Å². The molecule has 0 heteroatoms. The normalized spacial score (nSPS) is 14.0. The Morgan fingerprint density at radius 3 is 2.24 bits per heavy atom. The molecule has 0 spiro atoms. The molecule has 0 aliphatic carbocycles. The average Bonchev–Trinajstić information content (AvgIpc) is 2.39. The summed E-state index contributed by atoms with van der Waals surface area (Å²) in [4.78, 5) is 0. The summed E-state index contributed by atoms with van der Waals surface area (Å²) in [5.74, 6) is 0. The Balaban J connectivity index is 3.12. The van der Waals surface area contributed by atoms with Crippen LogP contribution in [-0.2, 0) is 0 Å². The molecule has 0 aliphatic rings. The largest absolute Gasteiger partial charge is 0.0847 e. The second-order valence-electron chi connectivity index (χ2n) is 4.28. The fraction of sp³-hybridized carbons (Fsp3) is 0.294. The van der Waals surface area contributed by atoms with Crippen molar-refractivity contribution in [1.29, 1.82) is 0 Å². The lowest BCUT2D eigenvalue weighted by Crippen LogP contribution is -1.85. The van der Waals surface area contributed by atoms with Gasteiger partial charge in [-0.15, -0.1) is 0 Å². The number of benzene rings is 1. The van der Waals surface area contributed by atoms with Gasteiger partial charge >= 0.3 is 0 Å². The van der Waals surface area contributed by atoms with Gasteiger partial charge in [-0.1, -0.05) is 66.6 Å². The molecule has 1 aromatic rings. The minimum absolute atomic E-state index is 1.09. The minimum Gasteiger partial charge on any atom is -0.0847 e. The zero-order chi connectivity index (χ0) is 12.7. The molecule has 0 amide bonds. The van der Waals surface area contributed by atoms with Gasteiger partial charge in [0.15, 0.2) is 0 Å². The van der Waals surface area contributed by atoms with E-state index in [2.05, 4.69) is 76.3 Å². The van der Waals surface area contributed by atoms with Crippen LogP contribution < -0.4 is 0 Å². The van der Waals surface area contributed by atoms with Crippen LogP contribution in [0, 0.1) is 0 Å². The number of rotatable bonds is 4. The molecule has 90 valence electrons. The topological polar surface area (TPSA) is 0 Å². The summed E-state index contributed by atoms with van der Waals surface area (Å²) in [7, 11) is 0. The zero-order valence-electron chi connectivity index (χ0n) is 11.3. The van der Waals surface area contributed by atoms with Crippen LogP contribution in [0.15, 0.2) is 59.7 Å². The maximum atomic E-state index is 2.23. The van der Waals surface area contributed by atoms with Gasteiger partial charge in [-0.05, 0) is 38.3 Å². The second kappa shape index (κ2) is 6.90. The van der Waals surface area contributed by atoms with Crippen LogP contribution in [0.4, 0.5) is 0 Å². The third kappa shape index (κ3) is 4.07. The highest BCUT2D eigenvalue weighted by Gasteiger charge is 2.00. The first-order valence-electron chi connectivity index (χ1n) is 6.25. The van der Waals surface area contributed by atoms with Crippen molar-refractivity contribution in [2.75, 3.05) is 0 Å². The molecule has 1 aromatic carbocycles. The van der Waals surface area contributed by atoms with Crippen molar-refractivity contribution in [3.8, 4) is 0 Å². The Labute approximate surface area is 105 Å². The lowest BCUT2D eigenvalue weighted by molar-refractivity contribution is 1.10. The molecule has 0 radical (unpaired) electrons. The molecule has 0 saturated heterocycles. The predicted molar refractivity (Wildman–Crippen MR) is 77.9 cm³/mol. The monoisotopic (exact) mass is 226 g/mol. The lowest BCUT2D eigenvalue weighted by atomic mass is 9.98. The zero-order valence-corrected chi connectivity index (χ0v) is 11.3. The van der Waals surface area contributed by atoms with Gasteiger partial charge < -0.3 is 0 Å². The van der Waals surface area contributed by atoms with E-state index < -0.39 is 0 Å². The van der Waals surface area contributed by atoms with Gasteiger partial charge in [-0.3, -0.25) is 0 Å². The van der Waals surface area contributed by atoms with Crippen molar-refractivity contribution in [3.63, 3.8) is 0 Å². The lowest BCUT2D eigenvalue weighted by Gasteiger charge is -2.07. The fourth-order valence-corrected chi connectivity index (χ4v) is 1.60. The van der Waals surface area contributed by atoms with Crippen LogP contribution in [-0.4, -0.2) is 0 Å². The highest BCUT2D eigenvalue weighted by Crippen LogP contribution is 2.22. The quantitative estimate of drug-likeness (QED) is 0.604. The first-order valence-corrected chi connectivity index (χ1v) is 6.25. The summed E-state index contributed by atoms with van der Waals surface area (Å²) in [5, 5.41) is 0. The van der Waals surface area contributed by atoms with E-state index in [0.29, 0.717) is 0 Å². The van der Waals surface area contributed by atoms with Gasteiger partial charge in [-0.25, -0.2) is 0 Å². The molecule has 0 saturated carbocycles. The van der Waals surface area contributed by atoms with E-state index >= 15 is 0 Å². The number of hydrogen-bond acceptors (Lipinski definition) is 0. The van der Waals surface area contributed by atoms with Crippen molar-refractivity contribution in [1.82, 2.24) is 0 Å². The van der Waals surface area contributed by atoms with E-state index in [1.807, 2.05) is 0 Å². The van der Waals surface area contributed by atoms with Gasteiger partial charge in [0.1, 0.15) is 0 Å². The third-order valence-electron chi connectivity index (χ3n) is 3.04. The number of hydrogen-bond donors (Lipinski definition) is 0. The van der Waals surface area contributed by atoms with Crippen molar-refractivity contribution < 1.29 is 0 Å². The second-order valence-corrected chi connectivity index (χ2v) is 4.28. The van der Waals surface area contributed by atoms with E-state index in [-0.39, 0.29) is 0 Å². The van der Waals surface area contributed by atoms with E-state index in [9.17, 15) is 0 Å². The molecule has 0 aliphatic heterocycles. The Morgan fingerprint density at radius 1 is 1.06 bits per heavy atom. The molecular formula is C17H22. The van der Waals surface area contributed by atoms with Crippen LogP contribution >= 0.6 is 0 Å². The Morgan fingerprint density at radius 2 is 1.71 bits per heavy atom. The summed E-state index contributed by atoms with van der Waals surface area (Å²) in [6.45, 7) is 8.60. The van der Waals surface area contributed by atoms with Crippen LogP contribution in [0.25, 0.3) is 5.57 Å². The van der Waals surface area contributed by atoms with Crippen LogP contribution in [0.1, 0.15) is 39.7 Å². The first-order chi connectivity index (χ1) is 8.19. The van der Waals surface area contributed by atoms with E-state index in [0.717, 1.165) is 6.42 Å². The molecule has 0 unspecified atom stereocenters. The molecule has 0 bridgehead atoms. The summed E-state index contributed by atoms with van der Waals surface area (Å²) in [5.41, 5.74) is 5.36. The predicted octanol–water partition coefficient (Wildman–Crippen LogP) is 5.39. The van der Waals surface area contributed by atoms with E-state index in [1.165, 1.54) is 22.3 Å². The maximum Gasteiger partial charge on any atom is -0.0185 e. The van der Waals surface area contributed by atoms with Crippen molar-refractivity contribution in [3.05, 3.63) is 65.3 Å². The SMILES string of the molecule is C\C=C(C)/C=C\C(=C(\C)CC)c1ccccc1. The van der Waals surface area contributed by atoms with E-state index in [1.54, 1.807) is 0 Å². The molecule has 0 aromatic heterocycles. The summed E-state index contributed by atoms with van der Waals surface area (Å²) < 4.78 is 0. The maximum absolute atomic E-state index is 2.23. The molecule has 0 nitrogen and oxygen atoms in total. The van der Waals surface area contributed by atoms with Gasteiger partial charge in [-0.2, -0.15) is 0 Å². The molecule has 0 N–H and O–H groups in total. The highest BCUT2D eigenvalue weighted by atomic mass is 14.1. The summed E-state index contributed by atoms with van der Waals surface area (Å²) in [6.07, 6.45) is 7.62. The Kier molecular flexibility index (Phi) is 5.48. The Hall–Kier alpha value is -1.56. The Bertz CT molecular complexity index is 430. The van der Waals surface area contributed by atoms with E-state index in [4.69, 9.17) is 0 Å². The standard InChI is InChI=1S/C17H22/c1-5-14(3)12-13-17(15(4)6-2)16-10-8-7-9-11-16/h5,7-13H,6H2,1-4H3/b13-12-,14-5-,17-15+. The van der Waals surface area contributed by atoms with Crippen molar-refractivity contribution in [2.24, 2.45) is 0 Å².